The van der Waals surface area contributed by atoms with Crippen molar-refractivity contribution in [1.82, 2.24) is 0 Å². The highest BCUT2D eigenvalue weighted by Gasteiger charge is 2.47. The second-order valence-corrected chi connectivity index (χ2v) is 11.5. The molecule has 2 unspecified atom stereocenters. The molecule has 0 spiro atoms. The maximum Gasteiger partial charge on any atom is 0.230 e. The van der Waals surface area contributed by atoms with Crippen LogP contribution >= 0.6 is 0 Å². The fourth-order valence-corrected chi connectivity index (χ4v) is 5.62. The molecule has 0 fully saturated rings. The number of phenolic OH excluding ortho intramolecular Hbond substituents is 1. The van der Waals surface area contributed by atoms with Crippen molar-refractivity contribution >= 4 is 11.6 Å². The van der Waals surface area contributed by atoms with E-state index >= 15 is 0 Å². The molecule has 2 atom stereocenters. The summed E-state index contributed by atoms with van der Waals surface area (Å²) < 4.78 is 18.5. The zero-order valence-electron chi connectivity index (χ0n) is 26.0. The minimum atomic E-state index is -1.01. The van der Waals surface area contributed by atoms with Crippen LogP contribution < -0.4 is 14.8 Å². The Labute approximate surface area is 255 Å². The summed E-state index contributed by atoms with van der Waals surface area (Å²) >= 11 is 0. The second kappa shape index (κ2) is 13.3. The Hall–Kier alpha value is -4.29. The first-order valence-corrected chi connectivity index (χ1v) is 14.8. The van der Waals surface area contributed by atoms with Crippen molar-refractivity contribution in [2.45, 2.75) is 58.2 Å². The van der Waals surface area contributed by atoms with Gasteiger partial charge in [0.25, 0.3) is 0 Å². The van der Waals surface area contributed by atoms with Gasteiger partial charge in [0.15, 0.2) is 0 Å². The summed E-state index contributed by atoms with van der Waals surface area (Å²) in [6, 6.07) is 32.7. The van der Waals surface area contributed by atoms with Crippen LogP contribution in [0.15, 0.2) is 103 Å². The molecule has 4 aromatic carbocycles. The standard InChI is InChI=1S/C37H43NO5/c1-7-35(3,34(40)38-30-18-20-31(39)21-19-30)26-36(4,8-2)43-37(27-12-10-9-11-13-27,28-14-22-32(41-5)23-15-28)29-16-24-33(42-6)25-17-29/h9-25,39H,7-8,26H2,1-6H3,(H,38,40). The summed E-state index contributed by atoms with van der Waals surface area (Å²) in [5.74, 6) is 1.56. The smallest absolute Gasteiger partial charge is 0.230 e. The fourth-order valence-electron chi connectivity index (χ4n) is 5.62. The minimum absolute atomic E-state index is 0.0943. The molecule has 226 valence electrons. The molecule has 0 saturated heterocycles. The third-order valence-corrected chi connectivity index (χ3v) is 8.54. The lowest BCUT2D eigenvalue weighted by atomic mass is 9.73. The average Bonchev–Trinajstić information content (AvgIpc) is 3.05. The zero-order valence-corrected chi connectivity index (χ0v) is 26.0. The van der Waals surface area contributed by atoms with E-state index in [9.17, 15) is 9.90 Å². The van der Waals surface area contributed by atoms with Crippen molar-refractivity contribution in [3.05, 3.63) is 120 Å². The molecule has 0 aliphatic rings. The summed E-state index contributed by atoms with van der Waals surface area (Å²) in [7, 11) is 3.31. The van der Waals surface area contributed by atoms with Gasteiger partial charge in [-0.3, -0.25) is 4.79 Å². The van der Waals surface area contributed by atoms with Crippen molar-refractivity contribution < 1.29 is 24.1 Å². The van der Waals surface area contributed by atoms with E-state index in [1.807, 2.05) is 80.6 Å². The van der Waals surface area contributed by atoms with E-state index in [1.54, 1.807) is 38.5 Å². The van der Waals surface area contributed by atoms with Crippen LogP contribution in [0.3, 0.4) is 0 Å². The van der Waals surface area contributed by atoms with Crippen LogP contribution in [0.5, 0.6) is 17.2 Å². The van der Waals surface area contributed by atoms with Crippen LogP contribution in [0.4, 0.5) is 5.69 Å². The Morgan fingerprint density at radius 1 is 0.698 bits per heavy atom. The van der Waals surface area contributed by atoms with Gasteiger partial charge in [0.1, 0.15) is 22.8 Å². The number of hydrogen-bond acceptors (Lipinski definition) is 5. The first-order valence-electron chi connectivity index (χ1n) is 14.8. The van der Waals surface area contributed by atoms with Crippen LogP contribution in [-0.4, -0.2) is 30.8 Å². The van der Waals surface area contributed by atoms with Crippen LogP contribution in [0.2, 0.25) is 0 Å². The van der Waals surface area contributed by atoms with Gasteiger partial charge in [-0.05, 0) is 91.4 Å². The number of anilines is 1. The molecule has 1 amide bonds. The molecule has 43 heavy (non-hydrogen) atoms. The van der Waals surface area contributed by atoms with Gasteiger partial charge in [0.05, 0.1) is 19.8 Å². The number of aromatic hydroxyl groups is 1. The summed E-state index contributed by atoms with van der Waals surface area (Å²) in [5, 5.41) is 12.7. The molecular formula is C37H43NO5. The first-order chi connectivity index (χ1) is 20.6. The van der Waals surface area contributed by atoms with Gasteiger partial charge < -0.3 is 24.6 Å². The van der Waals surface area contributed by atoms with Crippen LogP contribution in [0.25, 0.3) is 0 Å². The van der Waals surface area contributed by atoms with Crippen molar-refractivity contribution in [3.63, 3.8) is 0 Å². The molecule has 0 saturated carbocycles. The van der Waals surface area contributed by atoms with Gasteiger partial charge in [-0.25, -0.2) is 0 Å². The summed E-state index contributed by atoms with van der Waals surface area (Å²) in [4.78, 5) is 13.8. The number of amides is 1. The molecular weight excluding hydrogens is 538 g/mol. The Kier molecular flexibility index (Phi) is 9.82. The lowest BCUT2D eigenvalue weighted by Crippen LogP contribution is -2.47. The van der Waals surface area contributed by atoms with Gasteiger partial charge in [-0.1, -0.05) is 75.4 Å². The van der Waals surface area contributed by atoms with E-state index in [2.05, 4.69) is 31.3 Å². The fraction of sp³-hybridized carbons (Fsp3) is 0.324. The first kappa shape index (κ1) is 31.6. The number of rotatable bonds is 13. The number of carbonyl (C=O) groups excluding carboxylic acids is 1. The Bertz CT molecular complexity index is 1420. The molecule has 0 radical (unpaired) electrons. The van der Waals surface area contributed by atoms with E-state index in [0.29, 0.717) is 24.9 Å². The molecule has 0 aliphatic heterocycles. The largest absolute Gasteiger partial charge is 0.508 e. The predicted molar refractivity (Wildman–Crippen MR) is 172 cm³/mol. The van der Waals surface area contributed by atoms with Crippen molar-refractivity contribution in [3.8, 4) is 17.2 Å². The van der Waals surface area contributed by atoms with E-state index in [4.69, 9.17) is 14.2 Å². The highest BCUT2D eigenvalue weighted by molar-refractivity contribution is 5.95. The SMILES string of the molecule is CCC(C)(CC(C)(CC)C(=O)Nc1ccc(O)cc1)OC(c1ccccc1)(c1ccc(OC)cc1)c1ccc(OC)cc1. The van der Waals surface area contributed by atoms with E-state index in [-0.39, 0.29) is 11.7 Å². The number of nitrogens with one attached hydrogen (secondary N) is 1. The van der Waals surface area contributed by atoms with Gasteiger partial charge in [-0.2, -0.15) is 0 Å². The van der Waals surface area contributed by atoms with Crippen LogP contribution in [0.1, 0.15) is 63.6 Å². The molecule has 4 rings (SSSR count). The number of carbonyl (C=O) groups is 1. The topological polar surface area (TPSA) is 77.0 Å². The Morgan fingerprint density at radius 2 is 1.19 bits per heavy atom. The van der Waals surface area contributed by atoms with Crippen molar-refractivity contribution in [1.29, 1.82) is 0 Å². The second-order valence-electron chi connectivity index (χ2n) is 11.5. The van der Waals surface area contributed by atoms with Crippen LogP contribution in [0, 0.1) is 5.41 Å². The third kappa shape index (κ3) is 6.86. The van der Waals surface area contributed by atoms with Crippen molar-refractivity contribution in [2.24, 2.45) is 5.41 Å². The van der Waals surface area contributed by atoms with Crippen molar-refractivity contribution in [2.75, 3.05) is 19.5 Å². The maximum absolute atomic E-state index is 13.8. The zero-order chi connectivity index (χ0) is 31.1. The minimum Gasteiger partial charge on any atom is -0.508 e. The molecule has 6 heteroatoms. The number of benzene rings is 4. The molecule has 0 bridgehead atoms. The molecule has 0 heterocycles. The number of ether oxygens (including phenoxy) is 3. The normalized spacial score (nSPS) is 14.3. The number of phenols is 1. The van der Waals surface area contributed by atoms with Gasteiger partial charge in [0, 0.05) is 11.1 Å². The average molecular weight is 582 g/mol. The van der Waals surface area contributed by atoms with Gasteiger partial charge in [-0.15, -0.1) is 0 Å². The molecule has 6 nitrogen and oxygen atoms in total. The molecule has 0 aliphatic carbocycles. The third-order valence-electron chi connectivity index (χ3n) is 8.54. The Balaban J connectivity index is 1.84. The number of hydrogen-bond donors (Lipinski definition) is 2. The van der Waals surface area contributed by atoms with Gasteiger partial charge in [0.2, 0.25) is 5.91 Å². The maximum atomic E-state index is 13.8. The monoisotopic (exact) mass is 581 g/mol. The van der Waals surface area contributed by atoms with Crippen LogP contribution in [-0.2, 0) is 15.1 Å². The quantitative estimate of drug-likeness (QED) is 0.123. The van der Waals surface area contributed by atoms with Gasteiger partial charge >= 0.3 is 0 Å². The van der Waals surface area contributed by atoms with E-state index in [1.165, 1.54) is 0 Å². The summed E-state index contributed by atoms with van der Waals surface area (Å²) in [6.45, 7) is 8.22. The van der Waals surface area contributed by atoms with E-state index < -0.39 is 16.6 Å². The molecule has 0 aromatic heterocycles. The summed E-state index contributed by atoms with van der Waals surface area (Å²) in [6.07, 6.45) is 1.74. The number of methoxy groups -OCH3 is 2. The summed E-state index contributed by atoms with van der Waals surface area (Å²) in [5.41, 5.74) is 1.00. The predicted octanol–water partition coefficient (Wildman–Crippen LogP) is 8.33. The molecule has 4 aromatic rings. The highest BCUT2D eigenvalue weighted by Crippen LogP contribution is 2.48. The lowest BCUT2D eigenvalue weighted by Gasteiger charge is -2.46. The highest BCUT2D eigenvalue weighted by atomic mass is 16.5. The molecule has 2 N–H and O–H groups in total. The van der Waals surface area contributed by atoms with E-state index in [0.717, 1.165) is 28.2 Å². The lowest BCUT2D eigenvalue weighted by molar-refractivity contribution is -0.147. The Morgan fingerprint density at radius 3 is 1.63 bits per heavy atom.